The maximum absolute atomic E-state index is 13.1. The number of aliphatic hydroxyl groups is 1. The van der Waals surface area contributed by atoms with E-state index in [4.69, 9.17) is 37.0 Å². The second-order valence-corrected chi connectivity index (χ2v) is 30.2. The van der Waals surface area contributed by atoms with E-state index < -0.39 is 97.5 Å². The Bertz CT molecular complexity index is 1810. The molecule has 94 heavy (non-hydrogen) atoms. The molecule has 0 aromatic heterocycles. The van der Waals surface area contributed by atoms with Gasteiger partial charge in [-0.25, -0.2) is 9.13 Å². The number of esters is 4. The first kappa shape index (κ1) is 92.1. The maximum atomic E-state index is 13.1. The predicted octanol–water partition coefficient (Wildman–Crippen LogP) is 22.1. The van der Waals surface area contributed by atoms with Crippen molar-refractivity contribution in [3.63, 3.8) is 0 Å². The Morgan fingerprint density at radius 1 is 0.298 bits per heavy atom. The molecule has 558 valence electrons. The molecule has 0 heterocycles. The first-order valence-electron chi connectivity index (χ1n) is 39.2. The van der Waals surface area contributed by atoms with Crippen molar-refractivity contribution >= 4 is 39.5 Å². The van der Waals surface area contributed by atoms with Crippen LogP contribution in [-0.2, 0) is 65.4 Å². The van der Waals surface area contributed by atoms with Crippen LogP contribution in [0, 0.1) is 5.92 Å². The third-order valence-corrected chi connectivity index (χ3v) is 19.8. The van der Waals surface area contributed by atoms with Crippen molar-refractivity contribution < 1.29 is 80.2 Å². The van der Waals surface area contributed by atoms with Gasteiger partial charge < -0.3 is 33.8 Å². The van der Waals surface area contributed by atoms with Gasteiger partial charge in [-0.1, -0.05) is 343 Å². The van der Waals surface area contributed by atoms with Crippen LogP contribution in [0.15, 0.2) is 0 Å². The van der Waals surface area contributed by atoms with E-state index in [9.17, 15) is 43.2 Å². The van der Waals surface area contributed by atoms with Crippen molar-refractivity contribution in [1.29, 1.82) is 0 Å². The molecule has 0 aromatic carbocycles. The van der Waals surface area contributed by atoms with Crippen molar-refractivity contribution in [2.45, 2.75) is 412 Å². The summed E-state index contributed by atoms with van der Waals surface area (Å²) in [5, 5.41) is 10.6. The average Bonchev–Trinajstić information content (AvgIpc) is 1.70. The van der Waals surface area contributed by atoms with Crippen LogP contribution in [0.5, 0.6) is 0 Å². The number of carbonyl (C=O) groups excluding carboxylic acids is 4. The second kappa shape index (κ2) is 68.2. The van der Waals surface area contributed by atoms with Gasteiger partial charge in [-0.15, -0.1) is 0 Å². The number of aliphatic hydroxyl groups excluding tert-OH is 1. The third-order valence-electron chi connectivity index (χ3n) is 17.9. The highest BCUT2D eigenvalue weighted by Gasteiger charge is 2.30. The first-order valence-corrected chi connectivity index (χ1v) is 42.2. The van der Waals surface area contributed by atoms with E-state index in [2.05, 4.69) is 34.6 Å². The molecular formula is C75H146O17P2. The van der Waals surface area contributed by atoms with Crippen LogP contribution in [0.2, 0.25) is 0 Å². The minimum atomic E-state index is -4.95. The summed E-state index contributed by atoms with van der Waals surface area (Å²) in [4.78, 5) is 72.5. The van der Waals surface area contributed by atoms with Gasteiger partial charge >= 0.3 is 39.5 Å². The lowest BCUT2D eigenvalue weighted by Gasteiger charge is -2.21. The standard InChI is InChI=1S/C75H146O17P2/c1-6-10-13-16-18-20-22-24-26-27-28-29-30-31-32-34-36-42-46-51-56-61-75(80)92-71(65-86-73(78)59-54-49-44-40-38-37-39-43-48-52-57-68(5)9-4)67-90-94(83,84)88-63-69(76)62-87-93(81,82)89-66-70(64-85-72(77)58-53-47-15-12-8-3)91-74(79)60-55-50-45-41-35-33-25-23-21-19-17-14-11-7-2/h68-71,76H,6-67H2,1-5H3,(H,81,82)(H,83,84)/t68?,69-,70+,71+/m0/s1. The average molecular weight is 1380 g/mol. The van der Waals surface area contributed by atoms with Crippen LogP contribution in [0.25, 0.3) is 0 Å². The molecule has 0 aliphatic carbocycles. The van der Waals surface area contributed by atoms with Crippen molar-refractivity contribution in [3.8, 4) is 0 Å². The lowest BCUT2D eigenvalue weighted by atomic mass is 9.99. The summed E-state index contributed by atoms with van der Waals surface area (Å²) in [7, 11) is -9.90. The zero-order chi connectivity index (χ0) is 69.1. The topological polar surface area (TPSA) is 237 Å². The van der Waals surface area contributed by atoms with Crippen LogP contribution in [0.1, 0.15) is 394 Å². The van der Waals surface area contributed by atoms with Crippen LogP contribution < -0.4 is 0 Å². The number of carbonyl (C=O) groups is 4. The predicted molar refractivity (Wildman–Crippen MR) is 382 cm³/mol. The molecule has 0 spiro atoms. The van der Waals surface area contributed by atoms with Gasteiger partial charge in [0.25, 0.3) is 0 Å². The minimum Gasteiger partial charge on any atom is -0.462 e. The molecule has 3 unspecified atom stereocenters. The van der Waals surface area contributed by atoms with Gasteiger partial charge in [0, 0.05) is 25.7 Å². The summed E-state index contributed by atoms with van der Waals surface area (Å²) >= 11 is 0. The Morgan fingerprint density at radius 3 is 0.755 bits per heavy atom. The number of unbranched alkanes of at least 4 members (excludes halogenated alkanes) is 46. The van der Waals surface area contributed by atoms with Gasteiger partial charge in [0.15, 0.2) is 12.2 Å². The molecule has 0 aliphatic heterocycles. The van der Waals surface area contributed by atoms with E-state index in [0.717, 1.165) is 102 Å². The van der Waals surface area contributed by atoms with Crippen molar-refractivity contribution in [2.24, 2.45) is 5.92 Å². The number of hydrogen-bond donors (Lipinski definition) is 3. The van der Waals surface area contributed by atoms with Gasteiger partial charge in [0.05, 0.1) is 26.4 Å². The van der Waals surface area contributed by atoms with Crippen molar-refractivity contribution in [3.05, 3.63) is 0 Å². The molecule has 0 saturated carbocycles. The summed E-state index contributed by atoms with van der Waals surface area (Å²) in [5.74, 6) is -1.32. The smallest absolute Gasteiger partial charge is 0.462 e. The molecule has 0 amide bonds. The van der Waals surface area contributed by atoms with Gasteiger partial charge in [-0.3, -0.25) is 37.3 Å². The van der Waals surface area contributed by atoms with Crippen molar-refractivity contribution in [1.82, 2.24) is 0 Å². The van der Waals surface area contributed by atoms with Crippen LogP contribution in [0.4, 0.5) is 0 Å². The first-order chi connectivity index (χ1) is 45.6. The normalized spacial score (nSPS) is 14.3. The Morgan fingerprint density at radius 2 is 0.511 bits per heavy atom. The van der Waals surface area contributed by atoms with E-state index in [1.54, 1.807) is 0 Å². The maximum Gasteiger partial charge on any atom is 0.472 e. The molecule has 0 bridgehead atoms. The lowest BCUT2D eigenvalue weighted by Crippen LogP contribution is -2.30. The molecule has 17 nitrogen and oxygen atoms in total. The van der Waals surface area contributed by atoms with Gasteiger partial charge in [0.1, 0.15) is 19.3 Å². The molecule has 0 rings (SSSR count). The van der Waals surface area contributed by atoms with E-state index >= 15 is 0 Å². The molecule has 0 aromatic rings. The molecule has 0 radical (unpaired) electrons. The molecule has 6 atom stereocenters. The highest BCUT2D eigenvalue weighted by Crippen LogP contribution is 2.45. The zero-order valence-electron chi connectivity index (χ0n) is 61.1. The Labute approximate surface area is 575 Å². The SMILES string of the molecule is CCCCCCCCCCCCCCCCCCCCCCCC(=O)O[C@H](COC(=O)CCCCCCCCCCCCC(C)CC)COP(=O)(O)OC[C@@H](O)COP(=O)(O)OC[C@@H](COC(=O)CCCCCCC)OC(=O)CCCCCCCCCCCCCCCC. The van der Waals surface area contributed by atoms with E-state index in [0.29, 0.717) is 25.7 Å². The van der Waals surface area contributed by atoms with Crippen LogP contribution in [-0.4, -0.2) is 96.7 Å². The molecule has 19 heteroatoms. The molecule has 0 fully saturated rings. The molecule has 0 aliphatic rings. The van der Waals surface area contributed by atoms with Crippen molar-refractivity contribution in [2.75, 3.05) is 39.6 Å². The van der Waals surface area contributed by atoms with Gasteiger partial charge in [0.2, 0.25) is 0 Å². The Hall–Kier alpha value is -1.94. The minimum absolute atomic E-state index is 0.107. The summed E-state index contributed by atoms with van der Waals surface area (Å²) in [6.07, 6.45) is 57.3. The van der Waals surface area contributed by atoms with Crippen LogP contribution in [0.3, 0.4) is 0 Å². The largest absolute Gasteiger partial charge is 0.472 e. The quantitative estimate of drug-likeness (QED) is 0.0222. The second-order valence-electron chi connectivity index (χ2n) is 27.3. The number of hydrogen-bond acceptors (Lipinski definition) is 15. The highest BCUT2D eigenvalue weighted by atomic mass is 31.2. The number of ether oxygens (including phenoxy) is 4. The van der Waals surface area contributed by atoms with E-state index in [1.165, 1.54) is 212 Å². The Kier molecular flexibility index (Phi) is 66.8. The Balaban J connectivity index is 5.12. The highest BCUT2D eigenvalue weighted by molar-refractivity contribution is 7.47. The zero-order valence-corrected chi connectivity index (χ0v) is 62.9. The fraction of sp³-hybridized carbons (Fsp3) is 0.947. The fourth-order valence-electron chi connectivity index (χ4n) is 11.5. The van der Waals surface area contributed by atoms with E-state index in [1.807, 2.05) is 0 Å². The summed E-state index contributed by atoms with van der Waals surface area (Å²) in [6.45, 7) is 7.23. The summed E-state index contributed by atoms with van der Waals surface area (Å²) in [5.41, 5.74) is 0. The van der Waals surface area contributed by atoms with Crippen LogP contribution >= 0.6 is 15.6 Å². The molecule has 3 N–H and O–H groups in total. The number of phosphoric ester groups is 2. The number of rotatable bonds is 75. The third kappa shape index (κ3) is 67.3. The summed E-state index contributed by atoms with van der Waals surface area (Å²) < 4.78 is 68.3. The lowest BCUT2D eigenvalue weighted by molar-refractivity contribution is -0.161. The van der Waals surface area contributed by atoms with E-state index in [-0.39, 0.29) is 25.7 Å². The van der Waals surface area contributed by atoms with Gasteiger partial charge in [-0.2, -0.15) is 0 Å². The fourth-order valence-corrected chi connectivity index (χ4v) is 13.1. The van der Waals surface area contributed by atoms with Gasteiger partial charge in [-0.05, 0) is 31.6 Å². The number of phosphoric acid groups is 2. The molecule has 0 saturated heterocycles. The molecular weight excluding hydrogens is 1230 g/mol. The monoisotopic (exact) mass is 1380 g/mol. The summed E-state index contributed by atoms with van der Waals surface area (Å²) in [6, 6.07) is 0.